The first-order valence-corrected chi connectivity index (χ1v) is 3.14. The third-order valence-corrected chi connectivity index (χ3v) is 1.45. The van der Waals surface area contributed by atoms with Gasteiger partial charge in [0, 0.05) is 0 Å². The van der Waals surface area contributed by atoms with Crippen molar-refractivity contribution in [2.45, 2.75) is 13.1 Å². The summed E-state index contributed by atoms with van der Waals surface area (Å²) in [7, 11) is 0. The maximum absolute atomic E-state index is 12.0. The highest BCUT2D eigenvalue weighted by Crippen LogP contribution is 2.31. The molecule has 0 aliphatic heterocycles. The fraction of sp³-hybridized carbons (Fsp3) is 0.250. The van der Waals surface area contributed by atoms with Gasteiger partial charge in [-0.2, -0.15) is 13.2 Å². The van der Waals surface area contributed by atoms with Crippen molar-refractivity contribution in [1.82, 2.24) is 0 Å². The Hall–Kier alpha value is -0.410. The highest BCUT2D eigenvalue weighted by Gasteiger charge is 2.31. The first-order chi connectivity index (χ1) is 5.02. The third-order valence-electron chi connectivity index (χ3n) is 1.45. The van der Waals surface area contributed by atoms with E-state index in [0.29, 0.717) is 0 Å². The molecule has 0 N–H and O–H groups in total. The van der Waals surface area contributed by atoms with E-state index in [2.05, 4.69) is 0 Å². The lowest BCUT2D eigenvalue weighted by Crippen LogP contribution is -2.06. The summed E-state index contributed by atoms with van der Waals surface area (Å²) < 4.78 is 36.1. The average Bonchev–Trinajstić information content (AvgIpc) is 1.86. The van der Waals surface area contributed by atoms with Crippen molar-refractivity contribution < 1.29 is 13.2 Å². The summed E-state index contributed by atoms with van der Waals surface area (Å²) >= 11 is 0. The second-order valence-corrected chi connectivity index (χ2v) is 2.31. The Kier molecular flexibility index (Phi) is 6.20. The minimum absolute atomic E-state index is 0. The van der Waals surface area contributed by atoms with Gasteiger partial charge in [0.1, 0.15) is 0 Å². The molecule has 0 aromatic heterocycles. The van der Waals surface area contributed by atoms with E-state index in [0.717, 1.165) is 6.07 Å². The Morgan fingerprint density at radius 1 is 1.00 bits per heavy atom. The van der Waals surface area contributed by atoms with Gasteiger partial charge in [0.2, 0.25) is 0 Å². The number of benzene rings is 1. The lowest BCUT2D eigenvalue weighted by Gasteiger charge is -2.08. The summed E-state index contributed by atoms with van der Waals surface area (Å²) in [5.41, 5.74) is -0.292. The first kappa shape index (κ1) is 15.1. The number of aryl methyl sites for hydroxylation is 1. The fourth-order valence-corrected chi connectivity index (χ4v) is 0.891. The maximum atomic E-state index is 12.0. The summed E-state index contributed by atoms with van der Waals surface area (Å²) in [5.74, 6) is 0. The van der Waals surface area contributed by atoms with E-state index in [1.54, 1.807) is 6.07 Å². The molecule has 5 heteroatoms. The standard InChI is InChI=1S/C8H7F3.2ClH/c1-6-4-2-3-5-7(6)8(9,10)11;;/h2-5H,1H3;2*1H. The van der Waals surface area contributed by atoms with E-state index in [1.807, 2.05) is 0 Å². The predicted molar refractivity (Wildman–Crippen MR) is 50.7 cm³/mol. The van der Waals surface area contributed by atoms with Crippen LogP contribution >= 0.6 is 24.8 Å². The summed E-state index contributed by atoms with van der Waals surface area (Å²) in [5, 5.41) is 0. The lowest BCUT2D eigenvalue weighted by molar-refractivity contribution is -0.138. The maximum Gasteiger partial charge on any atom is 0.416 e. The number of hydrogen-bond acceptors (Lipinski definition) is 0. The van der Waals surface area contributed by atoms with Gasteiger partial charge in [0.05, 0.1) is 5.56 Å². The zero-order valence-corrected chi connectivity index (χ0v) is 8.39. The monoisotopic (exact) mass is 232 g/mol. The molecule has 0 heterocycles. The molecule has 0 atom stereocenters. The molecule has 1 rings (SSSR count). The molecule has 0 amide bonds. The van der Waals surface area contributed by atoms with Crippen LogP contribution in [0.3, 0.4) is 0 Å². The summed E-state index contributed by atoms with van der Waals surface area (Å²) in [6, 6.07) is 5.50. The van der Waals surface area contributed by atoms with Crippen LogP contribution in [0.4, 0.5) is 13.2 Å². The van der Waals surface area contributed by atoms with Crippen molar-refractivity contribution in [3.8, 4) is 0 Å². The van der Waals surface area contributed by atoms with Gasteiger partial charge in [-0.3, -0.25) is 0 Å². The average molecular weight is 233 g/mol. The molecule has 0 aliphatic carbocycles. The molecule has 0 unspecified atom stereocenters. The van der Waals surface area contributed by atoms with Crippen molar-refractivity contribution in [3.05, 3.63) is 35.4 Å². The molecule has 0 aliphatic rings. The van der Waals surface area contributed by atoms with Gasteiger partial charge in [-0.05, 0) is 18.6 Å². The van der Waals surface area contributed by atoms with E-state index >= 15 is 0 Å². The molecule has 13 heavy (non-hydrogen) atoms. The molecule has 0 nitrogen and oxygen atoms in total. The van der Waals surface area contributed by atoms with Crippen LogP contribution in [0.1, 0.15) is 11.1 Å². The smallest absolute Gasteiger partial charge is 0.166 e. The number of halogens is 5. The summed E-state index contributed by atoms with van der Waals surface area (Å²) in [6.07, 6.45) is -4.22. The summed E-state index contributed by atoms with van der Waals surface area (Å²) in [6.45, 7) is 1.45. The zero-order chi connectivity index (χ0) is 8.48. The minimum atomic E-state index is -4.22. The van der Waals surface area contributed by atoms with Crippen LogP contribution in [0.5, 0.6) is 0 Å². The molecular weight excluding hydrogens is 224 g/mol. The predicted octanol–water partition coefficient (Wildman–Crippen LogP) is 3.86. The van der Waals surface area contributed by atoms with Crippen LogP contribution in [0, 0.1) is 6.92 Å². The van der Waals surface area contributed by atoms with Crippen LogP contribution < -0.4 is 0 Å². The van der Waals surface area contributed by atoms with Gasteiger partial charge in [0.15, 0.2) is 0 Å². The van der Waals surface area contributed by atoms with Crippen molar-refractivity contribution in [3.63, 3.8) is 0 Å². The Balaban J connectivity index is 0. The van der Waals surface area contributed by atoms with Crippen LogP contribution in [0.2, 0.25) is 0 Å². The van der Waals surface area contributed by atoms with E-state index in [9.17, 15) is 13.2 Å². The number of hydrogen-bond donors (Lipinski definition) is 0. The molecule has 1 aromatic rings. The quantitative estimate of drug-likeness (QED) is 0.638. The minimum Gasteiger partial charge on any atom is -0.166 e. The van der Waals surface area contributed by atoms with Gasteiger partial charge in [0.25, 0.3) is 0 Å². The SMILES string of the molecule is Cc1ccccc1C(F)(F)F.Cl.Cl. The zero-order valence-electron chi connectivity index (χ0n) is 6.76. The largest absolute Gasteiger partial charge is 0.416 e. The van der Waals surface area contributed by atoms with E-state index in [-0.39, 0.29) is 30.4 Å². The van der Waals surface area contributed by atoms with Gasteiger partial charge in [-0.15, -0.1) is 24.8 Å². The fourth-order valence-electron chi connectivity index (χ4n) is 0.891. The van der Waals surface area contributed by atoms with Crippen molar-refractivity contribution >= 4 is 24.8 Å². The van der Waals surface area contributed by atoms with Crippen LogP contribution in [-0.4, -0.2) is 0 Å². The molecule has 0 radical (unpaired) electrons. The Morgan fingerprint density at radius 3 is 1.77 bits per heavy atom. The van der Waals surface area contributed by atoms with Crippen LogP contribution in [0.15, 0.2) is 24.3 Å². The molecule has 0 saturated heterocycles. The summed E-state index contributed by atoms with van der Waals surface area (Å²) in [4.78, 5) is 0. The molecule has 76 valence electrons. The van der Waals surface area contributed by atoms with Crippen LogP contribution in [-0.2, 0) is 6.18 Å². The van der Waals surface area contributed by atoms with Gasteiger partial charge < -0.3 is 0 Å². The molecule has 0 bridgehead atoms. The molecule has 0 saturated carbocycles. The van der Waals surface area contributed by atoms with Gasteiger partial charge in [-0.1, -0.05) is 18.2 Å². The van der Waals surface area contributed by atoms with Gasteiger partial charge >= 0.3 is 6.18 Å². The normalized spacial score (nSPS) is 9.85. The topological polar surface area (TPSA) is 0 Å². The Morgan fingerprint density at radius 2 is 1.46 bits per heavy atom. The van der Waals surface area contributed by atoms with E-state index in [1.165, 1.54) is 19.1 Å². The van der Waals surface area contributed by atoms with Crippen LogP contribution in [0.25, 0.3) is 0 Å². The second kappa shape index (κ2) is 5.35. The molecule has 1 aromatic carbocycles. The van der Waals surface area contributed by atoms with E-state index < -0.39 is 11.7 Å². The van der Waals surface area contributed by atoms with Crippen molar-refractivity contribution in [2.75, 3.05) is 0 Å². The molecular formula is C8H9Cl2F3. The van der Waals surface area contributed by atoms with Crippen molar-refractivity contribution in [1.29, 1.82) is 0 Å². The molecule has 0 spiro atoms. The van der Waals surface area contributed by atoms with E-state index in [4.69, 9.17) is 0 Å². The first-order valence-electron chi connectivity index (χ1n) is 3.14. The number of rotatable bonds is 0. The third kappa shape index (κ3) is 3.87. The van der Waals surface area contributed by atoms with Gasteiger partial charge in [-0.25, -0.2) is 0 Å². The van der Waals surface area contributed by atoms with Crippen molar-refractivity contribution in [2.24, 2.45) is 0 Å². The lowest BCUT2D eigenvalue weighted by atomic mass is 10.1. The Bertz CT molecular complexity index is 258. The Labute approximate surface area is 87.0 Å². The second-order valence-electron chi connectivity index (χ2n) is 2.31. The number of alkyl halides is 3. The molecule has 0 fully saturated rings. The highest BCUT2D eigenvalue weighted by atomic mass is 35.5. The highest BCUT2D eigenvalue weighted by molar-refractivity contribution is 5.85.